The van der Waals surface area contributed by atoms with Gasteiger partial charge >= 0.3 is 0 Å². The number of methoxy groups -OCH3 is 1. The molecule has 1 aromatic carbocycles. The van der Waals surface area contributed by atoms with E-state index in [2.05, 4.69) is 20.9 Å². The van der Waals surface area contributed by atoms with Crippen LogP contribution in [-0.4, -0.2) is 12.1 Å². The number of nitrogens with zero attached hydrogens (tertiary/aromatic N) is 1. The number of rotatable bonds is 2. The summed E-state index contributed by atoms with van der Waals surface area (Å²) < 4.78 is 11.1. The molecule has 15 heavy (non-hydrogen) atoms. The fraction of sp³-hybridized carbons (Fsp3) is 0.182. The highest BCUT2D eigenvalue weighted by molar-refractivity contribution is 9.10. The topological polar surface area (TPSA) is 35.3 Å². The average Bonchev–Trinajstić information content (AvgIpc) is 2.58. The van der Waals surface area contributed by atoms with Crippen molar-refractivity contribution in [2.45, 2.75) is 6.92 Å². The Balaban J connectivity index is 2.49. The van der Waals surface area contributed by atoms with Crippen LogP contribution in [0, 0.1) is 6.92 Å². The lowest BCUT2D eigenvalue weighted by molar-refractivity contribution is 0.415. The van der Waals surface area contributed by atoms with Crippen LogP contribution in [0.3, 0.4) is 0 Å². The van der Waals surface area contributed by atoms with Gasteiger partial charge in [0.25, 0.3) is 0 Å². The predicted octanol–water partition coefficient (Wildman–Crippen LogP) is 3.42. The van der Waals surface area contributed by atoms with Gasteiger partial charge in [-0.25, -0.2) is 4.98 Å². The van der Waals surface area contributed by atoms with Gasteiger partial charge in [0.2, 0.25) is 0 Å². The molecule has 1 aromatic heterocycles. The normalized spacial score (nSPS) is 10.3. The molecule has 0 saturated heterocycles. The fourth-order valence-electron chi connectivity index (χ4n) is 1.35. The maximum absolute atomic E-state index is 5.31. The van der Waals surface area contributed by atoms with Gasteiger partial charge in [-0.2, -0.15) is 0 Å². The molecule has 1 heterocycles. The van der Waals surface area contributed by atoms with Crippen LogP contribution in [0.4, 0.5) is 0 Å². The number of aromatic nitrogens is 1. The Hall–Kier alpha value is -1.29. The standard InChI is InChI=1S/C11H10BrNO2/c1-7-13-10(11(12)15-7)8-4-3-5-9(6-8)14-2/h3-6H,1-2H3. The molecule has 0 unspecified atom stereocenters. The molecular formula is C11H10BrNO2. The van der Waals surface area contributed by atoms with Crippen LogP contribution in [0.5, 0.6) is 5.75 Å². The van der Waals surface area contributed by atoms with Crippen molar-refractivity contribution in [2.24, 2.45) is 0 Å². The van der Waals surface area contributed by atoms with E-state index in [-0.39, 0.29) is 0 Å². The SMILES string of the molecule is COc1cccc(-c2nc(C)oc2Br)c1. The Kier molecular flexibility index (Phi) is 2.77. The highest BCUT2D eigenvalue weighted by Crippen LogP contribution is 2.30. The molecular weight excluding hydrogens is 258 g/mol. The van der Waals surface area contributed by atoms with Gasteiger partial charge in [-0.1, -0.05) is 12.1 Å². The third-order valence-corrected chi connectivity index (χ3v) is 2.57. The van der Waals surface area contributed by atoms with Crippen LogP contribution in [0.25, 0.3) is 11.3 Å². The van der Waals surface area contributed by atoms with E-state index in [1.807, 2.05) is 31.2 Å². The first-order valence-corrected chi connectivity index (χ1v) is 5.27. The van der Waals surface area contributed by atoms with Crippen LogP contribution >= 0.6 is 15.9 Å². The van der Waals surface area contributed by atoms with E-state index < -0.39 is 0 Å². The zero-order valence-electron chi connectivity index (χ0n) is 8.45. The summed E-state index contributed by atoms with van der Waals surface area (Å²) in [5.41, 5.74) is 1.77. The highest BCUT2D eigenvalue weighted by atomic mass is 79.9. The van der Waals surface area contributed by atoms with Gasteiger partial charge in [0.05, 0.1) is 7.11 Å². The molecule has 2 aromatic rings. The molecule has 2 rings (SSSR count). The molecule has 4 heteroatoms. The number of aryl methyl sites for hydroxylation is 1. The lowest BCUT2D eigenvalue weighted by Gasteiger charge is -2.01. The Bertz CT molecular complexity index is 479. The van der Waals surface area contributed by atoms with Crippen molar-refractivity contribution < 1.29 is 9.15 Å². The molecule has 0 fully saturated rings. The van der Waals surface area contributed by atoms with Gasteiger partial charge in [-0.05, 0) is 28.1 Å². The second-order valence-electron chi connectivity index (χ2n) is 3.09. The summed E-state index contributed by atoms with van der Waals surface area (Å²) in [6.07, 6.45) is 0. The van der Waals surface area contributed by atoms with E-state index in [0.29, 0.717) is 10.6 Å². The van der Waals surface area contributed by atoms with E-state index >= 15 is 0 Å². The molecule has 0 radical (unpaired) electrons. The van der Waals surface area contributed by atoms with Gasteiger partial charge < -0.3 is 9.15 Å². The van der Waals surface area contributed by atoms with E-state index in [1.54, 1.807) is 7.11 Å². The van der Waals surface area contributed by atoms with Crippen molar-refractivity contribution in [2.75, 3.05) is 7.11 Å². The first kappa shape index (κ1) is 10.2. The minimum absolute atomic E-state index is 0.639. The molecule has 3 nitrogen and oxygen atoms in total. The van der Waals surface area contributed by atoms with Crippen LogP contribution in [0.2, 0.25) is 0 Å². The minimum Gasteiger partial charge on any atom is -0.497 e. The van der Waals surface area contributed by atoms with Gasteiger partial charge in [0, 0.05) is 12.5 Å². The molecule has 0 N–H and O–H groups in total. The lowest BCUT2D eigenvalue weighted by atomic mass is 10.1. The van der Waals surface area contributed by atoms with Crippen LogP contribution < -0.4 is 4.74 Å². The summed E-state index contributed by atoms with van der Waals surface area (Å²) in [6.45, 7) is 1.81. The molecule has 0 spiro atoms. The van der Waals surface area contributed by atoms with Crippen molar-refractivity contribution in [1.82, 2.24) is 4.98 Å². The summed E-state index contributed by atoms with van der Waals surface area (Å²) in [5.74, 6) is 1.44. The summed E-state index contributed by atoms with van der Waals surface area (Å²) in [7, 11) is 1.64. The lowest BCUT2D eigenvalue weighted by Crippen LogP contribution is -1.84. The highest BCUT2D eigenvalue weighted by Gasteiger charge is 2.10. The molecule has 0 aliphatic rings. The van der Waals surface area contributed by atoms with Gasteiger partial charge in [0.15, 0.2) is 10.6 Å². The van der Waals surface area contributed by atoms with Crippen molar-refractivity contribution >= 4 is 15.9 Å². The predicted molar refractivity (Wildman–Crippen MR) is 60.9 cm³/mol. The Morgan fingerprint density at radius 3 is 2.80 bits per heavy atom. The average molecular weight is 268 g/mol. The molecule has 0 aliphatic carbocycles. The quantitative estimate of drug-likeness (QED) is 0.837. The van der Waals surface area contributed by atoms with E-state index in [0.717, 1.165) is 17.0 Å². The second kappa shape index (κ2) is 4.06. The monoisotopic (exact) mass is 267 g/mol. The number of hydrogen-bond acceptors (Lipinski definition) is 3. The maximum Gasteiger partial charge on any atom is 0.197 e. The van der Waals surface area contributed by atoms with Crippen LogP contribution in [0.1, 0.15) is 5.89 Å². The number of oxazole rings is 1. The summed E-state index contributed by atoms with van der Waals surface area (Å²) in [4.78, 5) is 4.29. The first-order valence-electron chi connectivity index (χ1n) is 4.48. The summed E-state index contributed by atoms with van der Waals surface area (Å²) in [6, 6.07) is 7.70. The van der Waals surface area contributed by atoms with Crippen molar-refractivity contribution in [1.29, 1.82) is 0 Å². The zero-order valence-corrected chi connectivity index (χ0v) is 10.0. The smallest absolute Gasteiger partial charge is 0.197 e. The second-order valence-corrected chi connectivity index (χ2v) is 3.81. The maximum atomic E-state index is 5.31. The molecule has 0 amide bonds. The third-order valence-electron chi connectivity index (χ3n) is 2.04. The molecule has 0 bridgehead atoms. The van der Waals surface area contributed by atoms with Gasteiger partial charge in [-0.3, -0.25) is 0 Å². The third kappa shape index (κ3) is 2.04. The Morgan fingerprint density at radius 1 is 1.40 bits per heavy atom. The number of hydrogen-bond donors (Lipinski definition) is 0. The van der Waals surface area contributed by atoms with E-state index in [1.165, 1.54) is 0 Å². The Labute approximate surface area is 96.2 Å². The summed E-state index contributed by atoms with van der Waals surface area (Å²) >= 11 is 3.33. The van der Waals surface area contributed by atoms with Crippen LogP contribution in [0.15, 0.2) is 33.4 Å². The fourth-order valence-corrected chi connectivity index (χ4v) is 1.90. The number of benzene rings is 1. The number of halogens is 1. The minimum atomic E-state index is 0.639. The molecule has 0 atom stereocenters. The van der Waals surface area contributed by atoms with Crippen molar-refractivity contribution in [3.63, 3.8) is 0 Å². The molecule has 78 valence electrons. The summed E-state index contributed by atoms with van der Waals surface area (Å²) in [5, 5.41) is 0. The largest absolute Gasteiger partial charge is 0.497 e. The van der Waals surface area contributed by atoms with Crippen molar-refractivity contribution in [3.8, 4) is 17.0 Å². The molecule has 0 saturated carbocycles. The Morgan fingerprint density at radius 2 is 2.20 bits per heavy atom. The zero-order chi connectivity index (χ0) is 10.8. The van der Waals surface area contributed by atoms with Crippen molar-refractivity contribution in [3.05, 3.63) is 34.8 Å². The molecule has 0 aliphatic heterocycles. The van der Waals surface area contributed by atoms with Gasteiger partial charge in [-0.15, -0.1) is 0 Å². The van der Waals surface area contributed by atoms with E-state index in [4.69, 9.17) is 9.15 Å². The number of ether oxygens (including phenoxy) is 1. The van der Waals surface area contributed by atoms with Crippen LogP contribution in [-0.2, 0) is 0 Å². The first-order chi connectivity index (χ1) is 7.20. The van der Waals surface area contributed by atoms with E-state index in [9.17, 15) is 0 Å². The van der Waals surface area contributed by atoms with Gasteiger partial charge in [0.1, 0.15) is 11.4 Å².